The largest absolute Gasteiger partial charge is 0.384 e. The number of fused-ring (bicyclic) bond motifs is 1. The van der Waals surface area contributed by atoms with Crippen molar-refractivity contribution in [2.24, 2.45) is 0 Å². The quantitative estimate of drug-likeness (QED) is 0.625. The van der Waals surface area contributed by atoms with Crippen molar-refractivity contribution in [1.29, 1.82) is 0 Å². The highest BCUT2D eigenvalue weighted by Crippen LogP contribution is 2.23. The van der Waals surface area contributed by atoms with Gasteiger partial charge in [-0.25, -0.2) is 4.98 Å². The molecule has 8 heteroatoms. The topological polar surface area (TPSA) is 119 Å². The van der Waals surface area contributed by atoms with Crippen LogP contribution in [0.15, 0.2) is 17.0 Å². The predicted molar refractivity (Wildman–Crippen MR) is 64.7 cm³/mol. The van der Waals surface area contributed by atoms with Crippen molar-refractivity contribution in [2.75, 3.05) is 11.1 Å². The van der Waals surface area contributed by atoms with E-state index < -0.39 is 0 Å². The normalized spacial score (nSPS) is 10.9. The summed E-state index contributed by atoms with van der Waals surface area (Å²) in [6, 6.07) is 0. The van der Waals surface area contributed by atoms with Gasteiger partial charge in [0.25, 0.3) is 5.71 Å². The Morgan fingerprint density at radius 1 is 1.44 bits per heavy atom. The number of aryl methyl sites for hydroxylation is 1. The molecule has 0 fully saturated rings. The number of nitrogens with one attached hydrogen (secondary N) is 2. The molecule has 0 aromatic carbocycles. The summed E-state index contributed by atoms with van der Waals surface area (Å²) in [6.07, 6.45) is 3.09. The lowest BCUT2D eigenvalue weighted by Gasteiger charge is -2.04. The van der Waals surface area contributed by atoms with Crippen LogP contribution in [0.5, 0.6) is 0 Å². The predicted octanol–water partition coefficient (Wildman–Crippen LogP) is 0.844. The molecule has 0 saturated heterocycles. The summed E-state index contributed by atoms with van der Waals surface area (Å²) in [5.41, 5.74) is 7.78. The number of nitrogens with two attached hydrogens (primary N) is 1. The molecule has 18 heavy (non-hydrogen) atoms. The smallest absolute Gasteiger partial charge is 0.263 e. The number of nitrogen functional groups attached to an aromatic ring is 1. The third-order valence-corrected chi connectivity index (χ3v) is 2.64. The monoisotopic (exact) mass is 245 g/mol. The van der Waals surface area contributed by atoms with E-state index in [-0.39, 0.29) is 0 Å². The average molecular weight is 245 g/mol. The molecule has 92 valence electrons. The van der Waals surface area contributed by atoms with E-state index in [4.69, 9.17) is 10.3 Å². The van der Waals surface area contributed by atoms with Gasteiger partial charge in [0, 0.05) is 12.1 Å². The highest BCUT2D eigenvalue weighted by atomic mass is 16.5. The van der Waals surface area contributed by atoms with Crippen LogP contribution in [0.3, 0.4) is 0 Å². The average Bonchev–Trinajstić information content (AvgIpc) is 2.94. The van der Waals surface area contributed by atoms with E-state index in [9.17, 15) is 0 Å². The van der Waals surface area contributed by atoms with Crippen LogP contribution in [-0.4, -0.2) is 25.3 Å². The van der Waals surface area contributed by atoms with E-state index >= 15 is 0 Å². The number of hydrogen-bond acceptors (Lipinski definition) is 7. The molecule has 0 spiro atoms. The zero-order chi connectivity index (χ0) is 12.5. The van der Waals surface area contributed by atoms with Gasteiger partial charge in [-0.15, -0.1) is 0 Å². The van der Waals surface area contributed by atoms with Crippen molar-refractivity contribution in [3.8, 4) is 0 Å². The third-order valence-electron chi connectivity index (χ3n) is 2.64. The molecule has 0 aliphatic carbocycles. The lowest BCUT2D eigenvalue weighted by Crippen LogP contribution is -2.03. The molecule has 0 saturated carbocycles. The summed E-state index contributed by atoms with van der Waals surface area (Å²) < 4.78 is 5.07. The highest BCUT2D eigenvalue weighted by molar-refractivity contribution is 5.87. The van der Waals surface area contributed by atoms with Crippen molar-refractivity contribution in [3.05, 3.63) is 23.8 Å². The molecule has 3 aromatic heterocycles. The number of nitrogens with zero attached hydrogens (tertiary/aromatic N) is 4. The van der Waals surface area contributed by atoms with Crippen molar-refractivity contribution in [3.63, 3.8) is 0 Å². The van der Waals surface area contributed by atoms with Crippen LogP contribution < -0.4 is 11.1 Å². The van der Waals surface area contributed by atoms with Crippen molar-refractivity contribution in [1.82, 2.24) is 25.3 Å². The Hall–Kier alpha value is -2.64. The van der Waals surface area contributed by atoms with Gasteiger partial charge >= 0.3 is 0 Å². The number of anilines is 2. The van der Waals surface area contributed by atoms with Gasteiger partial charge in [-0.2, -0.15) is 10.1 Å². The second kappa shape index (κ2) is 3.99. The van der Waals surface area contributed by atoms with Gasteiger partial charge in [-0.05, 0) is 6.92 Å². The van der Waals surface area contributed by atoms with Crippen molar-refractivity contribution >= 4 is 22.7 Å². The number of aromatic amines is 1. The van der Waals surface area contributed by atoms with E-state index in [2.05, 4.69) is 30.6 Å². The molecule has 0 amide bonds. The fraction of sp³-hybridized carbons (Fsp3) is 0.200. The summed E-state index contributed by atoms with van der Waals surface area (Å²) >= 11 is 0. The van der Waals surface area contributed by atoms with E-state index in [0.717, 1.165) is 16.6 Å². The number of hydrogen-bond donors (Lipinski definition) is 3. The maximum atomic E-state index is 5.71. The summed E-state index contributed by atoms with van der Waals surface area (Å²) in [5, 5.41) is 14.3. The Balaban J connectivity index is 1.91. The maximum Gasteiger partial charge on any atom is 0.263 e. The van der Waals surface area contributed by atoms with Crippen LogP contribution in [0.1, 0.15) is 11.3 Å². The second-order valence-electron chi connectivity index (χ2n) is 3.83. The Kier molecular flexibility index (Phi) is 2.33. The molecular formula is C10H11N7O. The van der Waals surface area contributed by atoms with Crippen molar-refractivity contribution < 1.29 is 4.52 Å². The van der Waals surface area contributed by atoms with E-state index in [1.807, 2.05) is 6.92 Å². The lowest BCUT2D eigenvalue weighted by molar-refractivity contribution is 0.442. The van der Waals surface area contributed by atoms with Gasteiger partial charge in [0.15, 0.2) is 0 Å². The van der Waals surface area contributed by atoms with Crippen LogP contribution >= 0.6 is 0 Å². The van der Waals surface area contributed by atoms with E-state index in [0.29, 0.717) is 23.9 Å². The summed E-state index contributed by atoms with van der Waals surface area (Å²) in [4.78, 5) is 8.18. The van der Waals surface area contributed by atoms with Gasteiger partial charge < -0.3 is 15.6 Å². The molecule has 3 aromatic rings. The van der Waals surface area contributed by atoms with Crippen LogP contribution in [0.4, 0.5) is 11.6 Å². The second-order valence-corrected chi connectivity index (χ2v) is 3.83. The first kappa shape index (κ1) is 10.5. The fourth-order valence-electron chi connectivity index (χ4n) is 1.70. The molecule has 0 atom stereocenters. The Bertz CT molecular complexity index is 686. The fourth-order valence-corrected chi connectivity index (χ4v) is 1.70. The highest BCUT2D eigenvalue weighted by Gasteiger charge is 2.12. The number of H-pyrrole nitrogens is 1. The zero-order valence-electron chi connectivity index (χ0n) is 9.64. The van der Waals surface area contributed by atoms with Gasteiger partial charge in [0.05, 0.1) is 11.9 Å². The summed E-state index contributed by atoms with van der Waals surface area (Å²) in [6.45, 7) is 2.35. The first-order chi connectivity index (χ1) is 8.75. The number of aromatic nitrogens is 5. The van der Waals surface area contributed by atoms with Crippen LogP contribution in [-0.2, 0) is 6.54 Å². The van der Waals surface area contributed by atoms with Crippen LogP contribution in [0, 0.1) is 6.92 Å². The maximum absolute atomic E-state index is 5.71. The molecule has 0 bridgehead atoms. The molecule has 4 N–H and O–H groups in total. The van der Waals surface area contributed by atoms with Crippen LogP contribution in [0.25, 0.3) is 11.1 Å². The van der Waals surface area contributed by atoms with Gasteiger partial charge in [0.2, 0.25) is 0 Å². The van der Waals surface area contributed by atoms with E-state index in [1.165, 1.54) is 6.33 Å². The Morgan fingerprint density at radius 3 is 3.11 bits per heavy atom. The standard InChI is InChI=1S/C10H11N7O/c1-5-7-9(13-4-14-10(7)18-17-5)12-2-6-3-15-16-8(6)11/h3-4H,2H2,1H3,(H3,11,15,16)(H,12,13,14). The van der Waals surface area contributed by atoms with Gasteiger partial charge in [-0.1, -0.05) is 5.16 Å². The minimum Gasteiger partial charge on any atom is -0.384 e. The Labute approximate surface area is 102 Å². The summed E-state index contributed by atoms with van der Waals surface area (Å²) in [5.74, 6) is 1.20. The molecule has 3 rings (SSSR count). The molecule has 0 aliphatic heterocycles. The van der Waals surface area contributed by atoms with Crippen LogP contribution in [0.2, 0.25) is 0 Å². The van der Waals surface area contributed by atoms with Gasteiger partial charge in [-0.3, -0.25) is 5.10 Å². The molecule has 8 nitrogen and oxygen atoms in total. The first-order valence-corrected chi connectivity index (χ1v) is 5.34. The first-order valence-electron chi connectivity index (χ1n) is 5.34. The number of rotatable bonds is 3. The Morgan fingerprint density at radius 2 is 2.33 bits per heavy atom. The zero-order valence-corrected chi connectivity index (χ0v) is 9.64. The summed E-state index contributed by atoms with van der Waals surface area (Å²) in [7, 11) is 0. The minimum absolute atomic E-state index is 0.463. The van der Waals surface area contributed by atoms with Crippen molar-refractivity contribution in [2.45, 2.75) is 13.5 Å². The van der Waals surface area contributed by atoms with Gasteiger partial charge in [0.1, 0.15) is 23.3 Å². The SMILES string of the molecule is Cc1noc2ncnc(NCc3cn[nH]c3N)c12. The molecule has 0 aliphatic rings. The third kappa shape index (κ3) is 1.63. The molecular weight excluding hydrogens is 234 g/mol. The molecule has 3 heterocycles. The molecule has 0 radical (unpaired) electrons. The molecule has 0 unspecified atom stereocenters. The lowest BCUT2D eigenvalue weighted by atomic mass is 10.3. The van der Waals surface area contributed by atoms with E-state index in [1.54, 1.807) is 6.20 Å². The minimum atomic E-state index is 0.463.